The molecule has 2 aliphatic rings. The van der Waals surface area contributed by atoms with Crippen LogP contribution in [0.25, 0.3) is 11.2 Å². The Hall–Kier alpha value is -3.98. The number of pyridine rings is 1. The molecule has 2 fully saturated rings. The molecule has 1 aliphatic heterocycles. The lowest BCUT2D eigenvalue weighted by molar-refractivity contribution is 0.443. The van der Waals surface area contributed by atoms with Crippen molar-refractivity contribution in [2.24, 2.45) is 5.92 Å². The minimum atomic E-state index is 0.558. The fraction of sp³-hybridized carbons (Fsp3) is 0.280. The quantitative estimate of drug-likeness (QED) is 0.415. The molecule has 1 aliphatic carbocycles. The van der Waals surface area contributed by atoms with Gasteiger partial charge in [-0.25, -0.2) is 19.0 Å². The average Bonchev–Trinajstić information content (AvgIpc) is 3.64. The number of piperidine rings is 1. The van der Waals surface area contributed by atoms with Crippen molar-refractivity contribution < 1.29 is 4.74 Å². The predicted octanol–water partition coefficient (Wildman–Crippen LogP) is 4.08. The summed E-state index contributed by atoms with van der Waals surface area (Å²) in [5.74, 6) is 3.60. The van der Waals surface area contributed by atoms with E-state index < -0.39 is 0 Å². The Morgan fingerprint density at radius 1 is 1.00 bits per heavy atom. The Labute approximate surface area is 195 Å². The lowest BCUT2D eigenvalue weighted by Crippen LogP contribution is -2.28. The summed E-state index contributed by atoms with van der Waals surface area (Å²) in [6.45, 7) is 3.14. The second-order valence-corrected chi connectivity index (χ2v) is 9.25. The van der Waals surface area contributed by atoms with E-state index in [0.29, 0.717) is 17.9 Å². The number of aromatic nitrogens is 6. The molecule has 0 radical (unpaired) electrons. The van der Waals surface area contributed by atoms with Gasteiger partial charge in [-0.2, -0.15) is 10.2 Å². The van der Waals surface area contributed by atoms with Crippen molar-refractivity contribution in [1.82, 2.24) is 34.5 Å². The van der Waals surface area contributed by atoms with Crippen LogP contribution in [0, 0.1) is 12.8 Å². The van der Waals surface area contributed by atoms with Gasteiger partial charge in [0.1, 0.15) is 29.7 Å². The fourth-order valence-corrected chi connectivity index (χ4v) is 5.55. The maximum atomic E-state index is 6.12. The van der Waals surface area contributed by atoms with E-state index >= 15 is 0 Å². The lowest BCUT2D eigenvalue weighted by Gasteiger charge is -2.22. The molecule has 9 nitrogen and oxygen atoms in total. The van der Waals surface area contributed by atoms with Gasteiger partial charge in [0.15, 0.2) is 11.5 Å². The molecular weight excluding hydrogens is 428 g/mol. The van der Waals surface area contributed by atoms with E-state index in [4.69, 9.17) is 4.74 Å². The number of ether oxygens (including phenoxy) is 1. The van der Waals surface area contributed by atoms with Gasteiger partial charge in [0.2, 0.25) is 0 Å². The number of rotatable bonds is 5. The number of hydrogen-bond acceptors (Lipinski definition) is 7. The molecule has 1 aromatic carbocycles. The molecule has 1 saturated heterocycles. The van der Waals surface area contributed by atoms with E-state index in [1.807, 2.05) is 48.1 Å². The third-order valence-corrected chi connectivity index (χ3v) is 7.17. The van der Waals surface area contributed by atoms with Gasteiger partial charge in [0.05, 0.1) is 0 Å². The van der Waals surface area contributed by atoms with Crippen LogP contribution < -0.4 is 15.4 Å². The van der Waals surface area contributed by atoms with Gasteiger partial charge in [-0.05, 0) is 79.6 Å². The van der Waals surface area contributed by atoms with Gasteiger partial charge < -0.3 is 15.4 Å². The van der Waals surface area contributed by atoms with Crippen LogP contribution in [-0.2, 0) is 0 Å². The number of anilines is 2. The lowest BCUT2D eigenvalue weighted by atomic mass is 9.88. The molecule has 170 valence electrons. The van der Waals surface area contributed by atoms with Crippen LogP contribution in [0.15, 0.2) is 61.4 Å². The molecule has 1 saturated carbocycles. The third-order valence-electron chi connectivity index (χ3n) is 7.17. The Morgan fingerprint density at radius 3 is 2.74 bits per heavy atom. The van der Waals surface area contributed by atoms with Gasteiger partial charge in [-0.15, -0.1) is 0 Å². The van der Waals surface area contributed by atoms with Crippen LogP contribution in [0.4, 0.5) is 11.5 Å². The molecule has 34 heavy (non-hydrogen) atoms. The van der Waals surface area contributed by atoms with Crippen LogP contribution >= 0.6 is 0 Å². The molecule has 0 unspecified atom stereocenters. The molecule has 4 aromatic heterocycles. The van der Waals surface area contributed by atoms with E-state index in [1.165, 1.54) is 24.7 Å². The first kappa shape index (κ1) is 19.5. The third kappa shape index (κ3) is 3.19. The standard InChI is InChI=1S/C25H24N8O/c1-15-8-17(2-3-22(15)34-19-4-6-32-23(11-19)27-13-29-32)31-25-24-20(5-7-33(24)30-14-28-25)21-10-18-9-16(21)12-26-18/h2-8,11,13-14,16,18,21,26H,9-10,12H2,1H3,(H,28,30,31)/t16-,18-,21+/m1/s1. The highest BCUT2D eigenvalue weighted by molar-refractivity contribution is 5.77. The van der Waals surface area contributed by atoms with E-state index in [-0.39, 0.29) is 0 Å². The van der Waals surface area contributed by atoms with Crippen molar-refractivity contribution in [3.8, 4) is 11.5 Å². The maximum absolute atomic E-state index is 6.12. The van der Waals surface area contributed by atoms with E-state index in [9.17, 15) is 0 Å². The van der Waals surface area contributed by atoms with Gasteiger partial charge >= 0.3 is 0 Å². The minimum Gasteiger partial charge on any atom is -0.457 e. The van der Waals surface area contributed by atoms with Crippen molar-refractivity contribution in [3.05, 3.63) is 72.6 Å². The summed E-state index contributed by atoms with van der Waals surface area (Å²) in [5, 5.41) is 15.7. The number of benzene rings is 1. The minimum absolute atomic E-state index is 0.558. The SMILES string of the molecule is Cc1cc(Nc2ncnn3ccc([C@H]4C[C@H]5C[C@@H]4CN5)c23)ccc1Oc1ccn2ncnc2c1. The summed E-state index contributed by atoms with van der Waals surface area (Å²) >= 11 is 0. The van der Waals surface area contributed by atoms with Crippen LogP contribution in [0.3, 0.4) is 0 Å². The molecule has 9 heteroatoms. The Kier molecular flexibility index (Phi) is 4.31. The highest BCUT2D eigenvalue weighted by Gasteiger charge is 2.41. The highest BCUT2D eigenvalue weighted by Crippen LogP contribution is 2.45. The molecule has 2 bridgehead atoms. The van der Waals surface area contributed by atoms with Gasteiger partial charge in [-0.1, -0.05) is 0 Å². The first-order chi connectivity index (χ1) is 16.7. The number of hydrogen-bond donors (Lipinski definition) is 2. The summed E-state index contributed by atoms with van der Waals surface area (Å²) in [7, 11) is 0. The molecule has 0 spiro atoms. The normalized spacial score (nSPS) is 21.5. The zero-order valence-electron chi connectivity index (χ0n) is 18.7. The zero-order chi connectivity index (χ0) is 22.6. The van der Waals surface area contributed by atoms with E-state index in [1.54, 1.807) is 10.8 Å². The van der Waals surface area contributed by atoms with Crippen LogP contribution in [0.1, 0.15) is 29.9 Å². The molecular formula is C25H24N8O. The Balaban J connectivity index is 1.17. The summed E-state index contributed by atoms with van der Waals surface area (Å²) in [6, 6.07) is 12.7. The van der Waals surface area contributed by atoms with Crippen LogP contribution in [-0.4, -0.2) is 41.8 Å². The number of nitrogens with zero attached hydrogens (tertiary/aromatic N) is 6. The molecule has 5 aromatic rings. The average molecular weight is 453 g/mol. The molecule has 2 N–H and O–H groups in total. The smallest absolute Gasteiger partial charge is 0.158 e. The summed E-state index contributed by atoms with van der Waals surface area (Å²) in [6.07, 6.45) is 9.47. The first-order valence-electron chi connectivity index (χ1n) is 11.6. The molecule has 0 amide bonds. The Morgan fingerprint density at radius 2 is 1.88 bits per heavy atom. The summed E-state index contributed by atoms with van der Waals surface area (Å²) in [5.41, 5.74) is 5.14. The molecule has 7 rings (SSSR count). The molecule has 3 atom stereocenters. The van der Waals surface area contributed by atoms with Crippen LogP contribution in [0.2, 0.25) is 0 Å². The van der Waals surface area contributed by atoms with Gasteiger partial charge in [0, 0.05) is 30.2 Å². The van der Waals surface area contributed by atoms with E-state index in [2.05, 4.69) is 42.9 Å². The van der Waals surface area contributed by atoms with Crippen LogP contribution in [0.5, 0.6) is 11.5 Å². The van der Waals surface area contributed by atoms with E-state index in [0.717, 1.165) is 46.3 Å². The Bertz CT molecular complexity index is 1520. The zero-order valence-corrected chi connectivity index (χ0v) is 18.7. The van der Waals surface area contributed by atoms with Crippen molar-refractivity contribution >= 4 is 22.7 Å². The summed E-state index contributed by atoms with van der Waals surface area (Å²) < 4.78 is 9.77. The summed E-state index contributed by atoms with van der Waals surface area (Å²) in [4.78, 5) is 8.82. The van der Waals surface area contributed by atoms with Crippen molar-refractivity contribution in [1.29, 1.82) is 0 Å². The topological polar surface area (TPSA) is 93.7 Å². The van der Waals surface area contributed by atoms with Crippen molar-refractivity contribution in [3.63, 3.8) is 0 Å². The number of nitrogens with one attached hydrogen (secondary N) is 2. The number of fused-ring (bicyclic) bond motifs is 4. The van der Waals surface area contributed by atoms with Gasteiger partial charge in [-0.3, -0.25) is 0 Å². The largest absolute Gasteiger partial charge is 0.457 e. The highest BCUT2D eigenvalue weighted by atomic mass is 16.5. The first-order valence-corrected chi connectivity index (χ1v) is 11.6. The second-order valence-electron chi connectivity index (χ2n) is 9.25. The van der Waals surface area contributed by atoms with Gasteiger partial charge in [0.25, 0.3) is 0 Å². The van der Waals surface area contributed by atoms with Crippen molar-refractivity contribution in [2.75, 3.05) is 11.9 Å². The fourth-order valence-electron chi connectivity index (χ4n) is 5.55. The maximum Gasteiger partial charge on any atom is 0.158 e. The predicted molar refractivity (Wildman–Crippen MR) is 128 cm³/mol. The molecule has 5 heterocycles. The second kappa shape index (κ2) is 7.53. The van der Waals surface area contributed by atoms with Crippen molar-refractivity contribution in [2.45, 2.75) is 31.7 Å². The monoisotopic (exact) mass is 452 g/mol. The number of aryl methyl sites for hydroxylation is 1.